The molecule has 0 saturated carbocycles. The maximum absolute atomic E-state index is 12.7. The molecule has 0 spiro atoms. The zero-order chi connectivity index (χ0) is 23.1. The highest BCUT2D eigenvalue weighted by atomic mass is 32.2. The summed E-state index contributed by atoms with van der Waals surface area (Å²) in [5, 5.41) is 0. The third kappa shape index (κ3) is 4.48. The number of sulfonamides is 2. The summed E-state index contributed by atoms with van der Waals surface area (Å²) in [5.41, 5.74) is 1.82. The van der Waals surface area contributed by atoms with E-state index in [2.05, 4.69) is 24.4 Å². The standard InChI is InChI=1S/C19H17N5O6S2/c1-11-9-12(2)21-18(20-11)24-31(26,27)14-5-3-13(4-6-14)23-32(28,29)15-7-8-16-17(10-15)30-19(25)22-16/h3-10,23H,1-2H3,(H,22,25)(H,20,21,24). The Bertz CT molecular complexity index is 1570. The summed E-state index contributed by atoms with van der Waals surface area (Å²) in [5.74, 6) is -0.752. The van der Waals surface area contributed by atoms with Crippen molar-refractivity contribution >= 4 is 42.8 Å². The number of fused-ring (bicyclic) bond motifs is 1. The summed E-state index contributed by atoms with van der Waals surface area (Å²) in [4.78, 5) is 21.5. The summed E-state index contributed by atoms with van der Waals surface area (Å²) < 4.78 is 60.0. The quantitative estimate of drug-likeness (QED) is 0.382. The van der Waals surface area contributed by atoms with Crippen LogP contribution in [0, 0.1) is 13.8 Å². The minimum Gasteiger partial charge on any atom is -0.408 e. The summed E-state index contributed by atoms with van der Waals surface area (Å²) in [6.07, 6.45) is 0. The van der Waals surface area contributed by atoms with Crippen LogP contribution in [0.3, 0.4) is 0 Å². The monoisotopic (exact) mass is 475 g/mol. The molecule has 13 heteroatoms. The average molecular weight is 476 g/mol. The Hall–Kier alpha value is -3.71. The lowest BCUT2D eigenvalue weighted by molar-refractivity contribution is 0.554. The van der Waals surface area contributed by atoms with Crippen molar-refractivity contribution in [1.29, 1.82) is 0 Å². The zero-order valence-corrected chi connectivity index (χ0v) is 18.4. The third-order valence-electron chi connectivity index (χ3n) is 4.33. The molecule has 2 heterocycles. The average Bonchev–Trinajstić information content (AvgIpc) is 3.06. The van der Waals surface area contributed by atoms with Crippen LogP contribution in [-0.2, 0) is 20.0 Å². The van der Waals surface area contributed by atoms with Crippen molar-refractivity contribution in [3.63, 3.8) is 0 Å². The van der Waals surface area contributed by atoms with E-state index in [1.807, 2.05) is 0 Å². The first-order valence-electron chi connectivity index (χ1n) is 9.13. The Kier molecular flexibility index (Phi) is 5.22. The number of anilines is 2. The lowest BCUT2D eigenvalue weighted by Crippen LogP contribution is -2.16. The van der Waals surface area contributed by atoms with Crippen molar-refractivity contribution in [2.24, 2.45) is 0 Å². The Morgan fingerprint density at radius 1 is 0.812 bits per heavy atom. The Labute approximate surface area is 182 Å². The number of aromatic nitrogens is 3. The molecule has 0 radical (unpaired) electrons. The van der Waals surface area contributed by atoms with E-state index in [4.69, 9.17) is 4.42 Å². The number of benzene rings is 2. The van der Waals surface area contributed by atoms with Gasteiger partial charge in [-0.15, -0.1) is 0 Å². The second-order valence-electron chi connectivity index (χ2n) is 6.88. The SMILES string of the molecule is Cc1cc(C)nc(NS(=O)(=O)c2ccc(NS(=O)(=O)c3ccc4[nH]c(=O)oc4c3)cc2)n1. The fourth-order valence-corrected chi connectivity index (χ4v) is 4.98. The van der Waals surface area contributed by atoms with Gasteiger partial charge in [0.25, 0.3) is 20.0 Å². The maximum atomic E-state index is 12.7. The largest absolute Gasteiger partial charge is 0.417 e. The van der Waals surface area contributed by atoms with Gasteiger partial charge in [0.2, 0.25) is 5.95 Å². The summed E-state index contributed by atoms with van der Waals surface area (Å²) >= 11 is 0. The van der Waals surface area contributed by atoms with Gasteiger partial charge in [-0.2, -0.15) is 0 Å². The van der Waals surface area contributed by atoms with E-state index >= 15 is 0 Å². The number of oxazole rings is 1. The van der Waals surface area contributed by atoms with Crippen LogP contribution in [0.25, 0.3) is 11.1 Å². The van der Waals surface area contributed by atoms with Crippen LogP contribution in [0.4, 0.5) is 11.6 Å². The number of H-pyrrole nitrogens is 1. The van der Waals surface area contributed by atoms with Crippen molar-refractivity contribution in [3.05, 3.63) is 70.5 Å². The molecule has 0 aliphatic heterocycles. The number of aromatic amines is 1. The Morgan fingerprint density at radius 2 is 1.41 bits per heavy atom. The number of hydrogen-bond acceptors (Lipinski definition) is 8. The third-order valence-corrected chi connectivity index (χ3v) is 7.05. The molecule has 166 valence electrons. The van der Waals surface area contributed by atoms with Crippen molar-refractivity contribution in [1.82, 2.24) is 15.0 Å². The molecule has 0 bridgehead atoms. The number of hydrogen-bond donors (Lipinski definition) is 3. The molecule has 0 fully saturated rings. The van der Waals surface area contributed by atoms with Crippen LogP contribution in [0.15, 0.2) is 67.5 Å². The van der Waals surface area contributed by atoms with Crippen molar-refractivity contribution in [2.45, 2.75) is 23.6 Å². The smallest absolute Gasteiger partial charge is 0.408 e. The van der Waals surface area contributed by atoms with E-state index in [1.54, 1.807) is 19.9 Å². The maximum Gasteiger partial charge on any atom is 0.417 e. The fraction of sp³-hybridized carbons (Fsp3) is 0.105. The molecular formula is C19H17N5O6S2. The molecule has 0 aliphatic carbocycles. The zero-order valence-electron chi connectivity index (χ0n) is 16.8. The van der Waals surface area contributed by atoms with Crippen molar-refractivity contribution in [2.75, 3.05) is 9.44 Å². The number of aryl methyl sites for hydroxylation is 2. The summed E-state index contributed by atoms with van der Waals surface area (Å²) in [6.45, 7) is 3.43. The van der Waals surface area contributed by atoms with Gasteiger partial charge < -0.3 is 4.42 Å². The van der Waals surface area contributed by atoms with E-state index < -0.39 is 25.8 Å². The fourth-order valence-electron chi connectivity index (χ4n) is 2.96. The first-order chi connectivity index (χ1) is 15.0. The van der Waals surface area contributed by atoms with E-state index in [0.717, 1.165) is 0 Å². The highest BCUT2D eigenvalue weighted by molar-refractivity contribution is 7.93. The number of rotatable bonds is 6. The first kappa shape index (κ1) is 21.5. The van der Waals surface area contributed by atoms with Crippen molar-refractivity contribution < 1.29 is 21.3 Å². The summed E-state index contributed by atoms with van der Waals surface area (Å²) in [6, 6.07) is 10.7. The predicted octanol–water partition coefficient (Wildman–Crippen LogP) is 2.13. The minimum absolute atomic E-state index is 0.0564. The predicted molar refractivity (Wildman–Crippen MR) is 116 cm³/mol. The topological polar surface area (TPSA) is 164 Å². The molecule has 2 aromatic heterocycles. The molecule has 4 aromatic rings. The lowest BCUT2D eigenvalue weighted by atomic mass is 10.3. The normalized spacial score (nSPS) is 12.1. The Morgan fingerprint density at radius 3 is 2.06 bits per heavy atom. The van der Waals surface area contributed by atoms with Gasteiger partial charge in [0, 0.05) is 23.1 Å². The van der Waals surface area contributed by atoms with Gasteiger partial charge in [-0.25, -0.2) is 36.3 Å². The second-order valence-corrected chi connectivity index (χ2v) is 10.2. The minimum atomic E-state index is -4.01. The van der Waals surface area contributed by atoms with Crippen LogP contribution in [0.1, 0.15) is 11.4 Å². The molecule has 0 amide bonds. The molecule has 0 unspecified atom stereocenters. The number of nitrogens with one attached hydrogen (secondary N) is 3. The van der Waals surface area contributed by atoms with E-state index in [0.29, 0.717) is 16.9 Å². The molecule has 11 nitrogen and oxygen atoms in total. The molecular weight excluding hydrogens is 458 g/mol. The van der Waals surface area contributed by atoms with Crippen LogP contribution in [-0.4, -0.2) is 31.8 Å². The van der Waals surface area contributed by atoms with Gasteiger partial charge in [-0.05, 0) is 56.3 Å². The van der Waals surface area contributed by atoms with Gasteiger partial charge in [0.05, 0.1) is 15.3 Å². The van der Waals surface area contributed by atoms with Gasteiger partial charge in [-0.3, -0.25) is 9.71 Å². The molecule has 4 rings (SSSR count). The number of nitrogens with zero attached hydrogens (tertiary/aromatic N) is 2. The van der Waals surface area contributed by atoms with Gasteiger partial charge in [0.1, 0.15) is 0 Å². The summed E-state index contributed by atoms with van der Waals surface area (Å²) in [7, 11) is -7.99. The molecule has 0 aliphatic rings. The van der Waals surface area contributed by atoms with Crippen LogP contribution in [0.2, 0.25) is 0 Å². The van der Waals surface area contributed by atoms with E-state index in [9.17, 15) is 21.6 Å². The van der Waals surface area contributed by atoms with Gasteiger partial charge >= 0.3 is 5.76 Å². The molecule has 0 saturated heterocycles. The van der Waals surface area contributed by atoms with E-state index in [1.165, 1.54) is 42.5 Å². The van der Waals surface area contributed by atoms with Crippen molar-refractivity contribution in [3.8, 4) is 0 Å². The van der Waals surface area contributed by atoms with Gasteiger partial charge in [-0.1, -0.05) is 0 Å². The Balaban J connectivity index is 1.55. The molecule has 2 aromatic carbocycles. The van der Waals surface area contributed by atoms with E-state index in [-0.39, 0.29) is 27.0 Å². The first-order valence-corrected chi connectivity index (χ1v) is 12.1. The molecule has 3 N–H and O–H groups in total. The lowest BCUT2D eigenvalue weighted by Gasteiger charge is -2.10. The van der Waals surface area contributed by atoms with Crippen LogP contribution in [0.5, 0.6) is 0 Å². The van der Waals surface area contributed by atoms with Crippen LogP contribution < -0.4 is 15.2 Å². The van der Waals surface area contributed by atoms with Gasteiger partial charge in [0.15, 0.2) is 5.58 Å². The highest BCUT2D eigenvalue weighted by Crippen LogP contribution is 2.22. The molecule has 32 heavy (non-hydrogen) atoms. The van der Waals surface area contributed by atoms with Crippen LogP contribution >= 0.6 is 0 Å². The highest BCUT2D eigenvalue weighted by Gasteiger charge is 2.19. The second kappa shape index (κ2) is 7.76. The molecule has 0 atom stereocenters.